The third-order valence-corrected chi connectivity index (χ3v) is 4.02. The van der Waals surface area contributed by atoms with E-state index in [1.807, 2.05) is 0 Å². The minimum absolute atomic E-state index is 0.0940. The smallest absolute Gasteiger partial charge is 0.345 e. The summed E-state index contributed by atoms with van der Waals surface area (Å²) in [5, 5.41) is 8.78. The van der Waals surface area contributed by atoms with E-state index in [4.69, 9.17) is 5.11 Å². The van der Waals surface area contributed by atoms with Gasteiger partial charge in [-0.15, -0.1) is 11.3 Å². The Kier molecular flexibility index (Phi) is 4.46. The molecule has 0 saturated carbocycles. The van der Waals surface area contributed by atoms with Crippen molar-refractivity contribution in [3.8, 4) is 0 Å². The third-order valence-electron chi connectivity index (χ3n) is 2.44. The summed E-state index contributed by atoms with van der Waals surface area (Å²) in [6, 6.07) is 7.33. The van der Waals surface area contributed by atoms with E-state index < -0.39 is 11.8 Å². The van der Waals surface area contributed by atoms with Crippen LogP contribution in [0.15, 0.2) is 40.9 Å². The van der Waals surface area contributed by atoms with Gasteiger partial charge in [0, 0.05) is 10.0 Å². The molecule has 0 atom stereocenters. The lowest BCUT2D eigenvalue weighted by molar-refractivity contribution is 0.0702. The van der Waals surface area contributed by atoms with Gasteiger partial charge in [-0.1, -0.05) is 22.0 Å². The fourth-order valence-electron chi connectivity index (χ4n) is 1.47. The van der Waals surface area contributed by atoms with Gasteiger partial charge in [0.25, 0.3) is 0 Å². The fourth-order valence-corrected chi connectivity index (χ4v) is 2.57. The van der Waals surface area contributed by atoms with Gasteiger partial charge in [-0.3, -0.25) is 4.79 Å². The zero-order valence-electron chi connectivity index (χ0n) is 9.97. The Morgan fingerprint density at radius 2 is 1.90 bits per heavy atom. The summed E-state index contributed by atoms with van der Waals surface area (Å²) >= 11 is 4.03. The molecule has 102 valence electrons. The molecule has 1 heterocycles. The summed E-state index contributed by atoms with van der Waals surface area (Å²) in [4.78, 5) is 22.9. The quantitative estimate of drug-likeness (QED) is 0.659. The van der Waals surface area contributed by atoms with Crippen molar-refractivity contribution >= 4 is 45.1 Å². The molecule has 6 heteroatoms. The Balaban J connectivity index is 2.17. The standard InChI is InChI=1S/C14H8BrFO3S/c15-9-3-1-8(10(16)7-9)2-4-11(17)12-5-6-13(20-12)14(18)19/h1-7H,(H,18,19)/b4-2+. The van der Waals surface area contributed by atoms with Crippen LogP contribution in [0, 0.1) is 5.82 Å². The molecule has 1 aromatic heterocycles. The minimum Gasteiger partial charge on any atom is -0.477 e. The largest absolute Gasteiger partial charge is 0.477 e. The Morgan fingerprint density at radius 3 is 2.50 bits per heavy atom. The number of thiophene rings is 1. The average Bonchev–Trinajstić information content (AvgIpc) is 2.87. The number of carbonyl (C=O) groups excluding carboxylic acids is 1. The summed E-state index contributed by atoms with van der Waals surface area (Å²) < 4.78 is 14.2. The summed E-state index contributed by atoms with van der Waals surface area (Å²) in [6.45, 7) is 0. The number of carbonyl (C=O) groups is 2. The first kappa shape index (κ1) is 14.6. The molecule has 0 spiro atoms. The number of ketones is 1. The Labute approximate surface area is 126 Å². The molecule has 3 nitrogen and oxygen atoms in total. The van der Waals surface area contributed by atoms with Gasteiger partial charge in [0.2, 0.25) is 0 Å². The van der Waals surface area contributed by atoms with E-state index in [2.05, 4.69) is 15.9 Å². The van der Waals surface area contributed by atoms with Crippen LogP contribution in [0.5, 0.6) is 0 Å². The second kappa shape index (κ2) is 6.11. The van der Waals surface area contributed by atoms with Crippen molar-refractivity contribution in [2.24, 2.45) is 0 Å². The maximum absolute atomic E-state index is 13.5. The van der Waals surface area contributed by atoms with Crippen molar-refractivity contribution in [3.05, 3.63) is 62.0 Å². The van der Waals surface area contributed by atoms with Crippen LogP contribution in [0.3, 0.4) is 0 Å². The van der Waals surface area contributed by atoms with Gasteiger partial charge in [-0.05, 0) is 36.4 Å². The number of hydrogen-bond acceptors (Lipinski definition) is 3. The average molecular weight is 355 g/mol. The molecule has 0 aliphatic rings. The fraction of sp³-hybridized carbons (Fsp3) is 0. The molecule has 0 aliphatic heterocycles. The van der Waals surface area contributed by atoms with E-state index in [1.54, 1.807) is 12.1 Å². The predicted octanol–water partition coefficient (Wildman–Crippen LogP) is 4.24. The van der Waals surface area contributed by atoms with Crippen LogP contribution in [-0.4, -0.2) is 16.9 Å². The van der Waals surface area contributed by atoms with Crippen molar-refractivity contribution < 1.29 is 19.1 Å². The van der Waals surface area contributed by atoms with E-state index in [-0.39, 0.29) is 16.2 Å². The van der Waals surface area contributed by atoms with E-state index in [0.717, 1.165) is 11.3 Å². The second-order valence-electron chi connectivity index (χ2n) is 3.83. The number of halogens is 2. The van der Waals surface area contributed by atoms with E-state index in [1.165, 1.54) is 30.4 Å². The van der Waals surface area contributed by atoms with Gasteiger partial charge < -0.3 is 5.11 Å². The molecule has 2 rings (SSSR count). The normalized spacial score (nSPS) is 10.9. The molecule has 0 unspecified atom stereocenters. The van der Waals surface area contributed by atoms with Crippen molar-refractivity contribution in [2.45, 2.75) is 0 Å². The van der Waals surface area contributed by atoms with Crippen LogP contribution >= 0.6 is 27.3 Å². The number of carboxylic acids is 1. The molecule has 0 fully saturated rings. The molecule has 1 N–H and O–H groups in total. The van der Waals surface area contributed by atoms with Gasteiger partial charge >= 0.3 is 5.97 Å². The first-order valence-electron chi connectivity index (χ1n) is 5.48. The molecular formula is C14H8BrFO3S. The molecule has 0 bridgehead atoms. The topological polar surface area (TPSA) is 54.4 Å². The number of benzene rings is 1. The van der Waals surface area contributed by atoms with Crippen molar-refractivity contribution in [3.63, 3.8) is 0 Å². The highest BCUT2D eigenvalue weighted by Crippen LogP contribution is 2.19. The molecule has 2 aromatic rings. The number of aromatic carboxylic acids is 1. The molecule has 0 amide bonds. The highest BCUT2D eigenvalue weighted by atomic mass is 79.9. The monoisotopic (exact) mass is 354 g/mol. The van der Waals surface area contributed by atoms with E-state index >= 15 is 0 Å². The molecule has 0 aliphatic carbocycles. The van der Waals surface area contributed by atoms with Gasteiger partial charge in [-0.2, -0.15) is 0 Å². The van der Waals surface area contributed by atoms with Gasteiger partial charge in [0.1, 0.15) is 10.7 Å². The molecule has 20 heavy (non-hydrogen) atoms. The second-order valence-corrected chi connectivity index (χ2v) is 5.83. The van der Waals surface area contributed by atoms with Crippen LogP contribution in [0.25, 0.3) is 6.08 Å². The Bertz CT molecular complexity index is 706. The Morgan fingerprint density at radius 1 is 1.20 bits per heavy atom. The number of allylic oxidation sites excluding steroid dienone is 1. The zero-order valence-corrected chi connectivity index (χ0v) is 12.4. The van der Waals surface area contributed by atoms with Crippen molar-refractivity contribution in [2.75, 3.05) is 0 Å². The van der Waals surface area contributed by atoms with Crippen molar-refractivity contribution in [1.82, 2.24) is 0 Å². The van der Waals surface area contributed by atoms with E-state index in [0.29, 0.717) is 9.35 Å². The van der Waals surface area contributed by atoms with Crippen LogP contribution < -0.4 is 0 Å². The number of hydrogen-bond donors (Lipinski definition) is 1. The van der Waals surface area contributed by atoms with Crippen LogP contribution in [0.4, 0.5) is 4.39 Å². The van der Waals surface area contributed by atoms with Gasteiger partial charge in [0.15, 0.2) is 5.78 Å². The third kappa shape index (κ3) is 3.40. The number of rotatable bonds is 4. The van der Waals surface area contributed by atoms with Gasteiger partial charge in [-0.25, -0.2) is 9.18 Å². The van der Waals surface area contributed by atoms with Crippen LogP contribution in [0.1, 0.15) is 24.9 Å². The highest BCUT2D eigenvalue weighted by molar-refractivity contribution is 9.10. The predicted molar refractivity (Wildman–Crippen MR) is 78.7 cm³/mol. The minimum atomic E-state index is -1.07. The van der Waals surface area contributed by atoms with Crippen molar-refractivity contribution in [1.29, 1.82) is 0 Å². The summed E-state index contributed by atoms with van der Waals surface area (Å²) in [7, 11) is 0. The van der Waals surface area contributed by atoms with Gasteiger partial charge in [0.05, 0.1) is 4.88 Å². The molecule has 0 radical (unpaired) electrons. The van der Waals surface area contributed by atoms with E-state index in [9.17, 15) is 14.0 Å². The summed E-state index contributed by atoms with van der Waals surface area (Å²) in [5.74, 6) is -1.87. The first-order chi connectivity index (χ1) is 9.47. The lowest BCUT2D eigenvalue weighted by Crippen LogP contribution is -1.91. The molecule has 1 aromatic carbocycles. The maximum atomic E-state index is 13.5. The lowest BCUT2D eigenvalue weighted by atomic mass is 10.2. The highest BCUT2D eigenvalue weighted by Gasteiger charge is 2.11. The molecular weight excluding hydrogens is 347 g/mol. The Hall–Kier alpha value is -1.79. The SMILES string of the molecule is O=C(O)c1ccc(C(=O)/C=C/c2ccc(Br)cc2F)s1. The van der Waals surface area contributed by atoms with Crippen LogP contribution in [-0.2, 0) is 0 Å². The zero-order chi connectivity index (χ0) is 14.7. The summed E-state index contributed by atoms with van der Waals surface area (Å²) in [5.41, 5.74) is 0.288. The number of carboxylic acid groups (broad SMARTS) is 1. The summed E-state index contributed by atoms with van der Waals surface area (Å²) in [6.07, 6.45) is 2.59. The molecule has 0 saturated heterocycles. The van der Waals surface area contributed by atoms with Crippen LogP contribution in [0.2, 0.25) is 0 Å². The first-order valence-corrected chi connectivity index (χ1v) is 7.09. The maximum Gasteiger partial charge on any atom is 0.345 e. The lowest BCUT2D eigenvalue weighted by Gasteiger charge is -1.97.